The molecule has 0 aliphatic carbocycles. The number of nitrogens with one attached hydrogen (secondary N) is 1. The highest BCUT2D eigenvalue weighted by atomic mass is 16.5. The lowest BCUT2D eigenvalue weighted by molar-refractivity contribution is 0.0325. The second kappa shape index (κ2) is 7.54. The molecule has 1 N–H and O–H groups in total. The van der Waals surface area contributed by atoms with Crippen molar-refractivity contribution in [3.63, 3.8) is 0 Å². The number of aryl methyl sites for hydroxylation is 1. The summed E-state index contributed by atoms with van der Waals surface area (Å²) < 4.78 is 7.74. The van der Waals surface area contributed by atoms with Crippen LogP contribution in [0, 0.1) is 5.92 Å². The maximum atomic E-state index is 5.66. The molecule has 4 heteroatoms. The van der Waals surface area contributed by atoms with Crippen LogP contribution >= 0.6 is 0 Å². The Bertz CT molecular complexity index is 336. The van der Waals surface area contributed by atoms with Crippen LogP contribution in [0.25, 0.3) is 0 Å². The molecule has 1 aromatic rings. The predicted molar refractivity (Wildman–Crippen MR) is 74.6 cm³/mol. The zero-order valence-electron chi connectivity index (χ0n) is 12.3. The number of ether oxygens (including phenoxy) is 1. The number of nitrogens with zero attached hydrogens (tertiary/aromatic N) is 2. The first kappa shape index (κ1) is 15.2. The quantitative estimate of drug-likeness (QED) is 0.770. The molecule has 2 atom stereocenters. The first-order valence-electron chi connectivity index (χ1n) is 6.82. The molecule has 0 radical (unpaired) electrons. The summed E-state index contributed by atoms with van der Waals surface area (Å²) in [4.78, 5) is 4.41. The highest BCUT2D eigenvalue weighted by molar-refractivity contribution is 4.97. The van der Waals surface area contributed by atoms with Gasteiger partial charge in [0.15, 0.2) is 0 Å². The van der Waals surface area contributed by atoms with E-state index in [2.05, 4.69) is 35.6 Å². The van der Waals surface area contributed by atoms with Crippen LogP contribution in [0.5, 0.6) is 0 Å². The molecule has 0 saturated carbocycles. The third-order valence-electron chi connectivity index (χ3n) is 3.31. The van der Waals surface area contributed by atoms with E-state index in [0.29, 0.717) is 12.0 Å². The number of hydrogen-bond donors (Lipinski definition) is 1. The standard InChI is InChI=1S/C14H27N3O/c1-6-7-15-12(14(18-5)11(2)3)10-13-16-8-9-17(13)4/h8-9,11-12,14-15H,6-7,10H2,1-5H3. The molecule has 1 heterocycles. The van der Waals surface area contributed by atoms with Gasteiger partial charge in [-0.05, 0) is 18.9 Å². The van der Waals surface area contributed by atoms with Gasteiger partial charge >= 0.3 is 0 Å². The monoisotopic (exact) mass is 253 g/mol. The van der Waals surface area contributed by atoms with Crippen molar-refractivity contribution in [2.45, 2.75) is 45.8 Å². The van der Waals surface area contributed by atoms with Gasteiger partial charge in [0.05, 0.1) is 6.10 Å². The van der Waals surface area contributed by atoms with Crippen molar-refractivity contribution >= 4 is 0 Å². The van der Waals surface area contributed by atoms with Crippen LogP contribution in [0.15, 0.2) is 12.4 Å². The smallest absolute Gasteiger partial charge is 0.110 e. The van der Waals surface area contributed by atoms with Crippen LogP contribution in [-0.4, -0.2) is 35.4 Å². The van der Waals surface area contributed by atoms with E-state index in [4.69, 9.17) is 4.74 Å². The molecule has 0 aliphatic heterocycles. The van der Waals surface area contributed by atoms with Gasteiger partial charge in [-0.25, -0.2) is 4.98 Å². The Labute approximate surface area is 111 Å². The van der Waals surface area contributed by atoms with E-state index in [1.807, 2.05) is 19.4 Å². The van der Waals surface area contributed by atoms with Crippen LogP contribution in [-0.2, 0) is 18.2 Å². The highest BCUT2D eigenvalue weighted by Gasteiger charge is 2.25. The van der Waals surface area contributed by atoms with Gasteiger partial charge in [0.25, 0.3) is 0 Å². The second-order valence-electron chi connectivity index (χ2n) is 5.16. The van der Waals surface area contributed by atoms with Crippen molar-refractivity contribution in [3.05, 3.63) is 18.2 Å². The van der Waals surface area contributed by atoms with Crippen molar-refractivity contribution in [3.8, 4) is 0 Å². The fraction of sp³-hybridized carbons (Fsp3) is 0.786. The number of imidazole rings is 1. The number of aromatic nitrogens is 2. The molecule has 0 saturated heterocycles. The van der Waals surface area contributed by atoms with Gasteiger partial charge in [0.2, 0.25) is 0 Å². The van der Waals surface area contributed by atoms with E-state index in [-0.39, 0.29) is 6.10 Å². The summed E-state index contributed by atoms with van der Waals surface area (Å²) in [6, 6.07) is 0.316. The van der Waals surface area contributed by atoms with E-state index in [0.717, 1.165) is 25.2 Å². The van der Waals surface area contributed by atoms with Gasteiger partial charge in [0.1, 0.15) is 5.82 Å². The number of rotatable bonds is 8. The zero-order valence-corrected chi connectivity index (χ0v) is 12.3. The highest BCUT2D eigenvalue weighted by Crippen LogP contribution is 2.14. The van der Waals surface area contributed by atoms with E-state index in [1.165, 1.54) is 0 Å². The second-order valence-corrected chi connectivity index (χ2v) is 5.16. The fourth-order valence-corrected chi connectivity index (χ4v) is 2.33. The van der Waals surface area contributed by atoms with Crippen molar-refractivity contribution in [1.82, 2.24) is 14.9 Å². The third-order valence-corrected chi connectivity index (χ3v) is 3.31. The van der Waals surface area contributed by atoms with E-state index < -0.39 is 0 Å². The number of hydrogen-bond acceptors (Lipinski definition) is 3. The minimum atomic E-state index is 0.216. The van der Waals surface area contributed by atoms with Crippen molar-refractivity contribution in [2.24, 2.45) is 13.0 Å². The summed E-state index contributed by atoms with van der Waals surface area (Å²) in [6.07, 6.45) is 6.09. The molecule has 2 unspecified atom stereocenters. The lowest BCUT2D eigenvalue weighted by atomic mass is 9.96. The average Bonchev–Trinajstić information content (AvgIpc) is 2.72. The molecule has 104 valence electrons. The van der Waals surface area contributed by atoms with Crippen LogP contribution in [0.4, 0.5) is 0 Å². The van der Waals surface area contributed by atoms with Crippen LogP contribution in [0.1, 0.15) is 33.0 Å². The molecule has 1 rings (SSSR count). The van der Waals surface area contributed by atoms with Gasteiger partial charge in [0, 0.05) is 39.0 Å². The predicted octanol–water partition coefficient (Wildman–Crippen LogP) is 2.00. The van der Waals surface area contributed by atoms with Gasteiger partial charge in [-0.1, -0.05) is 20.8 Å². The van der Waals surface area contributed by atoms with Crippen molar-refractivity contribution in [2.75, 3.05) is 13.7 Å². The SMILES string of the molecule is CCCNC(Cc1nccn1C)C(OC)C(C)C. The van der Waals surface area contributed by atoms with Crippen LogP contribution in [0.2, 0.25) is 0 Å². The summed E-state index contributed by atoms with van der Waals surface area (Å²) in [7, 11) is 3.83. The van der Waals surface area contributed by atoms with Crippen molar-refractivity contribution < 1.29 is 4.74 Å². The maximum absolute atomic E-state index is 5.66. The van der Waals surface area contributed by atoms with E-state index in [1.54, 1.807) is 7.11 Å². The van der Waals surface area contributed by atoms with Crippen LogP contribution in [0.3, 0.4) is 0 Å². The summed E-state index contributed by atoms with van der Waals surface area (Å²) in [5, 5.41) is 3.59. The molecule has 0 aromatic carbocycles. The molecule has 4 nitrogen and oxygen atoms in total. The van der Waals surface area contributed by atoms with Gasteiger partial charge in [-0.2, -0.15) is 0 Å². The minimum absolute atomic E-state index is 0.216. The van der Waals surface area contributed by atoms with E-state index >= 15 is 0 Å². The third kappa shape index (κ3) is 4.10. The Balaban J connectivity index is 2.74. The molecular formula is C14H27N3O. The lowest BCUT2D eigenvalue weighted by Crippen LogP contribution is -2.46. The summed E-state index contributed by atoms with van der Waals surface area (Å²) in [6.45, 7) is 7.60. The molecule has 0 fully saturated rings. The molecule has 0 bridgehead atoms. The van der Waals surface area contributed by atoms with Gasteiger partial charge in [-0.15, -0.1) is 0 Å². The minimum Gasteiger partial charge on any atom is -0.380 e. The van der Waals surface area contributed by atoms with Gasteiger partial charge < -0.3 is 14.6 Å². The Hall–Kier alpha value is -0.870. The summed E-state index contributed by atoms with van der Waals surface area (Å²) in [5.41, 5.74) is 0. The van der Waals surface area contributed by atoms with Crippen LogP contribution < -0.4 is 5.32 Å². The van der Waals surface area contributed by atoms with E-state index in [9.17, 15) is 0 Å². The summed E-state index contributed by atoms with van der Waals surface area (Å²) in [5.74, 6) is 1.59. The molecule has 0 aliphatic rings. The normalized spacial score (nSPS) is 15.0. The maximum Gasteiger partial charge on any atom is 0.110 e. The molecular weight excluding hydrogens is 226 g/mol. The zero-order chi connectivity index (χ0) is 13.5. The first-order valence-corrected chi connectivity index (χ1v) is 6.82. The fourth-order valence-electron chi connectivity index (χ4n) is 2.33. The average molecular weight is 253 g/mol. The molecule has 1 aromatic heterocycles. The first-order chi connectivity index (χ1) is 8.60. The summed E-state index contributed by atoms with van der Waals surface area (Å²) >= 11 is 0. The molecule has 18 heavy (non-hydrogen) atoms. The molecule has 0 amide bonds. The Morgan fingerprint density at radius 2 is 2.17 bits per heavy atom. The topological polar surface area (TPSA) is 39.1 Å². The Morgan fingerprint density at radius 3 is 2.61 bits per heavy atom. The van der Waals surface area contributed by atoms with Crippen molar-refractivity contribution in [1.29, 1.82) is 0 Å². The number of methoxy groups -OCH3 is 1. The van der Waals surface area contributed by atoms with Gasteiger partial charge in [-0.3, -0.25) is 0 Å². The lowest BCUT2D eigenvalue weighted by Gasteiger charge is -2.29. The Kier molecular flexibility index (Phi) is 6.36. The molecule has 0 spiro atoms. The Morgan fingerprint density at radius 1 is 1.44 bits per heavy atom. The largest absolute Gasteiger partial charge is 0.380 e.